The molecule has 1 aliphatic rings. The molecule has 0 spiro atoms. The Labute approximate surface area is 120 Å². The molecule has 1 saturated heterocycles. The summed E-state index contributed by atoms with van der Waals surface area (Å²) in [6, 6.07) is 2.16. The van der Waals surface area contributed by atoms with Gasteiger partial charge in [-0.2, -0.15) is 0 Å². The summed E-state index contributed by atoms with van der Waals surface area (Å²) in [7, 11) is 2.82. The fourth-order valence-corrected chi connectivity index (χ4v) is 1.87. The molecule has 1 aliphatic heterocycles. The monoisotopic (exact) mass is 304 g/mol. The van der Waals surface area contributed by atoms with Crippen molar-refractivity contribution in [1.29, 1.82) is 0 Å². The van der Waals surface area contributed by atoms with Gasteiger partial charge in [-0.3, -0.25) is 10.1 Å². The van der Waals surface area contributed by atoms with Crippen molar-refractivity contribution in [2.75, 3.05) is 20.8 Å². The molecule has 20 heavy (non-hydrogen) atoms. The second-order valence-corrected chi connectivity index (χ2v) is 3.82. The van der Waals surface area contributed by atoms with E-state index >= 15 is 0 Å². The van der Waals surface area contributed by atoms with Crippen molar-refractivity contribution < 1.29 is 23.9 Å². The summed E-state index contributed by atoms with van der Waals surface area (Å²) in [6.45, 7) is 0.0369. The number of nitro groups is 1. The van der Waals surface area contributed by atoms with Crippen molar-refractivity contribution in [3.63, 3.8) is 0 Å². The Kier molecular flexibility index (Phi) is 4.98. The molecule has 0 unspecified atom stereocenters. The van der Waals surface area contributed by atoms with Crippen LogP contribution in [0.5, 0.6) is 11.5 Å². The highest BCUT2D eigenvalue weighted by Crippen LogP contribution is 2.38. The largest absolute Gasteiger partial charge is 0.493 e. The maximum atomic E-state index is 11.1. The lowest BCUT2D eigenvalue weighted by atomic mass is 10.0. The predicted molar refractivity (Wildman–Crippen MR) is 70.7 cm³/mol. The fourth-order valence-electron chi connectivity index (χ4n) is 1.87. The number of cyclic esters (lactones) is 1. The Morgan fingerprint density at radius 1 is 1.35 bits per heavy atom. The molecule has 9 heteroatoms. The van der Waals surface area contributed by atoms with Crippen LogP contribution in [0.4, 0.5) is 10.5 Å². The molecule has 0 saturated carbocycles. The zero-order chi connectivity index (χ0) is 14.0. The van der Waals surface area contributed by atoms with Gasteiger partial charge in [0.05, 0.1) is 36.8 Å². The molecule has 1 fully saturated rings. The summed E-state index contributed by atoms with van der Waals surface area (Å²) in [5, 5.41) is 13.6. The van der Waals surface area contributed by atoms with Gasteiger partial charge in [-0.15, -0.1) is 12.4 Å². The van der Waals surface area contributed by atoms with E-state index in [1.165, 1.54) is 26.4 Å². The highest BCUT2D eigenvalue weighted by molar-refractivity contribution is 5.85. The number of nitrogens with zero attached hydrogens (tertiary/aromatic N) is 1. The van der Waals surface area contributed by atoms with Crippen LogP contribution in [0.1, 0.15) is 11.6 Å². The number of hydrogen-bond acceptors (Lipinski definition) is 6. The Hall–Kier alpha value is -2.22. The first-order valence-electron chi connectivity index (χ1n) is 5.40. The number of ether oxygens (including phenoxy) is 3. The van der Waals surface area contributed by atoms with Crippen molar-refractivity contribution in [2.24, 2.45) is 0 Å². The highest BCUT2D eigenvalue weighted by Gasteiger charge is 2.31. The number of nitrogens with one attached hydrogen (secondary N) is 1. The number of amides is 1. The second kappa shape index (κ2) is 6.29. The van der Waals surface area contributed by atoms with E-state index in [2.05, 4.69) is 5.32 Å². The first-order valence-corrected chi connectivity index (χ1v) is 5.40. The van der Waals surface area contributed by atoms with Crippen molar-refractivity contribution in [1.82, 2.24) is 5.32 Å². The molecule has 0 aliphatic carbocycles. The molecule has 0 radical (unpaired) electrons. The van der Waals surface area contributed by atoms with Crippen molar-refractivity contribution in [2.45, 2.75) is 6.04 Å². The molecule has 8 nitrogen and oxygen atoms in total. The third-order valence-electron chi connectivity index (χ3n) is 2.78. The first kappa shape index (κ1) is 15.8. The normalized spacial score (nSPS) is 16.7. The SMILES string of the molecule is COc1cc([C@@H]2COC(=O)N2)c([N+](=O)[O-])cc1OC.Cl. The number of carbonyl (C=O) groups excluding carboxylic acids is 1. The molecule has 0 bridgehead atoms. The van der Waals surface area contributed by atoms with Crippen LogP contribution < -0.4 is 14.8 Å². The molecule has 0 aromatic heterocycles. The lowest BCUT2D eigenvalue weighted by Gasteiger charge is -2.13. The van der Waals surface area contributed by atoms with E-state index < -0.39 is 17.1 Å². The van der Waals surface area contributed by atoms with Gasteiger partial charge in [-0.05, 0) is 6.07 Å². The van der Waals surface area contributed by atoms with E-state index in [1.54, 1.807) is 0 Å². The maximum Gasteiger partial charge on any atom is 0.407 e. The van der Waals surface area contributed by atoms with Gasteiger partial charge < -0.3 is 19.5 Å². The Bertz CT molecular complexity index is 536. The summed E-state index contributed by atoms with van der Waals surface area (Å²) in [5.41, 5.74) is 0.155. The number of alkyl carbamates (subject to hydrolysis) is 1. The molecule has 1 aromatic rings. The molecular weight excluding hydrogens is 292 g/mol. The van der Waals surface area contributed by atoms with Crippen molar-refractivity contribution >= 4 is 24.2 Å². The van der Waals surface area contributed by atoms with Crippen molar-refractivity contribution in [3.8, 4) is 11.5 Å². The van der Waals surface area contributed by atoms with Crippen LogP contribution in [0.2, 0.25) is 0 Å². The molecule has 1 amide bonds. The second-order valence-electron chi connectivity index (χ2n) is 3.82. The third-order valence-corrected chi connectivity index (χ3v) is 2.78. The standard InChI is InChI=1S/C11H12N2O6.ClH/c1-17-9-3-6(7-5-19-11(14)12-7)8(13(15)16)4-10(9)18-2;/h3-4,7H,5H2,1-2H3,(H,12,14);1H/t7-;/m0./s1. The number of nitro benzene ring substituents is 1. The van der Waals surface area contributed by atoms with Gasteiger partial charge in [-0.25, -0.2) is 4.79 Å². The number of rotatable bonds is 4. The summed E-state index contributed by atoms with van der Waals surface area (Å²) in [5.74, 6) is 0.604. The third kappa shape index (κ3) is 2.85. The van der Waals surface area contributed by atoms with E-state index in [0.29, 0.717) is 11.3 Å². The van der Waals surface area contributed by atoms with Crippen LogP contribution in [-0.4, -0.2) is 31.8 Å². The molecule has 1 atom stereocenters. The van der Waals surface area contributed by atoms with Gasteiger partial charge in [0.1, 0.15) is 6.61 Å². The van der Waals surface area contributed by atoms with Crippen LogP contribution >= 0.6 is 12.4 Å². The molecule has 2 rings (SSSR count). The lowest BCUT2D eigenvalue weighted by Crippen LogP contribution is -2.19. The number of methoxy groups -OCH3 is 2. The Balaban J connectivity index is 0.00000200. The van der Waals surface area contributed by atoms with Crippen LogP contribution in [0.15, 0.2) is 12.1 Å². The quantitative estimate of drug-likeness (QED) is 0.672. The van der Waals surface area contributed by atoms with E-state index in [1.807, 2.05) is 0 Å². The number of hydrogen-bond donors (Lipinski definition) is 1. The van der Waals surface area contributed by atoms with E-state index in [9.17, 15) is 14.9 Å². The van der Waals surface area contributed by atoms with Gasteiger partial charge in [0, 0.05) is 0 Å². The van der Waals surface area contributed by atoms with E-state index in [-0.39, 0.29) is 30.5 Å². The summed E-state index contributed by atoms with van der Waals surface area (Å²) >= 11 is 0. The van der Waals surface area contributed by atoms with Crippen LogP contribution in [0.3, 0.4) is 0 Å². The number of carbonyl (C=O) groups is 1. The van der Waals surface area contributed by atoms with Gasteiger partial charge in [0.25, 0.3) is 5.69 Å². The van der Waals surface area contributed by atoms with Gasteiger partial charge >= 0.3 is 6.09 Å². The minimum absolute atomic E-state index is 0. The van der Waals surface area contributed by atoms with E-state index in [0.717, 1.165) is 0 Å². The lowest BCUT2D eigenvalue weighted by molar-refractivity contribution is -0.385. The molecule has 1 heterocycles. The minimum Gasteiger partial charge on any atom is -0.493 e. The van der Waals surface area contributed by atoms with Crippen LogP contribution in [0, 0.1) is 10.1 Å². The molecule has 1 N–H and O–H groups in total. The maximum absolute atomic E-state index is 11.1. The average molecular weight is 305 g/mol. The number of benzene rings is 1. The first-order chi connectivity index (χ1) is 9.06. The Morgan fingerprint density at radius 3 is 2.40 bits per heavy atom. The summed E-state index contributed by atoms with van der Waals surface area (Å²) in [6.07, 6.45) is -0.603. The highest BCUT2D eigenvalue weighted by atomic mass is 35.5. The summed E-state index contributed by atoms with van der Waals surface area (Å²) < 4.78 is 14.9. The van der Waals surface area contributed by atoms with Crippen LogP contribution in [0.25, 0.3) is 0 Å². The smallest absolute Gasteiger partial charge is 0.407 e. The molecular formula is C11H13ClN2O6. The minimum atomic E-state index is -0.603. The predicted octanol–water partition coefficient (Wildman–Crippen LogP) is 1.81. The zero-order valence-corrected chi connectivity index (χ0v) is 11.6. The fraction of sp³-hybridized carbons (Fsp3) is 0.364. The average Bonchev–Trinajstić information content (AvgIpc) is 2.83. The van der Waals surface area contributed by atoms with E-state index in [4.69, 9.17) is 14.2 Å². The van der Waals surface area contributed by atoms with Gasteiger partial charge in [0.2, 0.25) is 0 Å². The summed E-state index contributed by atoms with van der Waals surface area (Å²) in [4.78, 5) is 21.6. The van der Waals surface area contributed by atoms with Crippen LogP contribution in [-0.2, 0) is 4.74 Å². The zero-order valence-electron chi connectivity index (χ0n) is 10.7. The molecule has 1 aromatic carbocycles. The van der Waals surface area contributed by atoms with Gasteiger partial charge in [-0.1, -0.05) is 0 Å². The molecule has 110 valence electrons. The van der Waals surface area contributed by atoms with Gasteiger partial charge in [0.15, 0.2) is 11.5 Å². The van der Waals surface area contributed by atoms with Crippen molar-refractivity contribution in [3.05, 3.63) is 27.8 Å². The Morgan fingerprint density at radius 2 is 1.95 bits per heavy atom. The number of halogens is 1. The topological polar surface area (TPSA) is 99.9 Å².